The van der Waals surface area contributed by atoms with Gasteiger partial charge in [0.1, 0.15) is 28.8 Å². The number of rotatable bonds is 10. The second kappa shape index (κ2) is 15.1. The quantitative estimate of drug-likeness (QED) is 0.297. The van der Waals surface area contributed by atoms with E-state index < -0.39 is 17.7 Å². The molecule has 51 heavy (non-hydrogen) atoms. The molecule has 274 valence electrons. The molecule has 5 heterocycles. The Morgan fingerprint density at radius 3 is 2.31 bits per heavy atom. The fourth-order valence-corrected chi connectivity index (χ4v) is 7.91. The van der Waals surface area contributed by atoms with Crippen molar-refractivity contribution >= 4 is 58.4 Å². The summed E-state index contributed by atoms with van der Waals surface area (Å²) in [5, 5.41) is 6.77. The summed E-state index contributed by atoms with van der Waals surface area (Å²) in [6.07, 6.45) is 10.9. The Balaban J connectivity index is 1.12. The van der Waals surface area contributed by atoms with Crippen LogP contribution in [0.15, 0.2) is 30.6 Å². The van der Waals surface area contributed by atoms with Gasteiger partial charge in [0.15, 0.2) is 0 Å². The minimum atomic E-state index is -0.693. The van der Waals surface area contributed by atoms with E-state index in [4.69, 9.17) is 9.72 Å². The summed E-state index contributed by atoms with van der Waals surface area (Å²) < 4.78 is 7.50. The summed E-state index contributed by atoms with van der Waals surface area (Å²) in [5.41, 5.74) is 1.09. The predicted octanol–water partition coefficient (Wildman–Crippen LogP) is 4.85. The highest BCUT2D eigenvalue weighted by atomic mass is 32.2. The van der Waals surface area contributed by atoms with Crippen molar-refractivity contribution in [1.82, 2.24) is 39.5 Å². The molecule has 3 atom stereocenters. The van der Waals surface area contributed by atoms with E-state index >= 15 is 0 Å². The Labute approximate surface area is 303 Å². The van der Waals surface area contributed by atoms with Crippen LogP contribution in [-0.2, 0) is 9.53 Å². The molecule has 1 aliphatic carbocycles. The highest BCUT2D eigenvalue weighted by molar-refractivity contribution is 7.98. The van der Waals surface area contributed by atoms with Gasteiger partial charge in [-0.1, -0.05) is 12.8 Å². The number of fused-ring (bicyclic) bond motifs is 3. The Kier molecular flexibility index (Phi) is 10.7. The molecule has 2 aliphatic heterocycles. The first-order chi connectivity index (χ1) is 24.3. The van der Waals surface area contributed by atoms with Gasteiger partial charge in [0.25, 0.3) is 11.8 Å². The SMILES string of the molecule is CSCCC(NC(=O)OC(C)(C)C)C(=O)N1C2CCC1CN(C(=O)c1ccc(Nc3ncc4cc(C(=O)N(C)C)n(C5CCCC5)c4n3)nc1)C2. The van der Waals surface area contributed by atoms with Gasteiger partial charge in [-0.3, -0.25) is 14.4 Å². The van der Waals surface area contributed by atoms with Crippen molar-refractivity contribution in [2.24, 2.45) is 0 Å². The van der Waals surface area contributed by atoms with Gasteiger partial charge in [-0.25, -0.2) is 14.8 Å². The maximum Gasteiger partial charge on any atom is 0.408 e. The van der Waals surface area contributed by atoms with Crippen molar-refractivity contribution in [3.63, 3.8) is 0 Å². The molecule has 15 heteroatoms. The number of anilines is 2. The van der Waals surface area contributed by atoms with Crippen LogP contribution in [0.25, 0.3) is 11.0 Å². The molecule has 3 fully saturated rings. The maximum atomic E-state index is 13.8. The molecular formula is C36H49N9O5S. The summed E-state index contributed by atoms with van der Waals surface area (Å²) in [7, 11) is 3.50. The van der Waals surface area contributed by atoms with E-state index in [0.29, 0.717) is 53.9 Å². The molecule has 3 aromatic heterocycles. The molecule has 0 radical (unpaired) electrons. The molecule has 2 bridgehead atoms. The molecule has 4 amide bonds. The Morgan fingerprint density at radius 2 is 1.71 bits per heavy atom. The van der Waals surface area contributed by atoms with Crippen LogP contribution in [0.3, 0.4) is 0 Å². The number of likely N-dealkylation sites (tertiary alicyclic amines) is 1. The van der Waals surface area contributed by atoms with Gasteiger partial charge in [-0.15, -0.1) is 0 Å². The molecule has 0 spiro atoms. The summed E-state index contributed by atoms with van der Waals surface area (Å²) in [6, 6.07) is 4.58. The van der Waals surface area contributed by atoms with E-state index in [0.717, 1.165) is 43.9 Å². The van der Waals surface area contributed by atoms with E-state index in [1.165, 1.54) is 0 Å². The number of carbonyl (C=O) groups excluding carboxylic acids is 4. The molecule has 2 saturated heterocycles. The highest BCUT2D eigenvalue weighted by Crippen LogP contribution is 2.35. The number of hydrogen-bond acceptors (Lipinski definition) is 10. The number of alkyl carbamates (subject to hydrolysis) is 1. The lowest BCUT2D eigenvalue weighted by Gasteiger charge is -2.42. The number of thioether (sulfide) groups is 1. The smallest absolute Gasteiger partial charge is 0.408 e. The lowest BCUT2D eigenvalue weighted by atomic mass is 10.1. The Hall–Kier alpha value is -4.40. The largest absolute Gasteiger partial charge is 0.444 e. The summed E-state index contributed by atoms with van der Waals surface area (Å²) in [5.74, 6) is 1.22. The maximum absolute atomic E-state index is 13.8. The van der Waals surface area contributed by atoms with E-state index in [2.05, 4.69) is 25.2 Å². The number of aromatic nitrogens is 4. The predicted molar refractivity (Wildman–Crippen MR) is 196 cm³/mol. The standard InChI is InChI=1S/C36H49N9O5S/c1-36(2,3)50-35(49)39-27(15-16-51-6)32(47)44-25-12-13-26(44)21-43(20-25)31(46)22-11-14-29(37-18-22)40-34-38-19-23-17-28(33(48)42(4)5)45(30(23)41-34)24-9-7-8-10-24/h11,14,17-19,24-27H,7-10,12-13,15-16,20-21H2,1-6H3,(H,39,49)(H,37,38,40,41). The zero-order chi connectivity index (χ0) is 36.4. The molecule has 14 nitrogen and oxygen atoms in total. The van der Waals surface area contributed by atoms with Crippen LogP contribution in [0.1, 0.15) is 92.6 Å². The lowest BCUT2D eigenvalue weighted by Crippen LogP contribution is -2.61. The summed E-state index contributed by atoms with van der Waals surface area (Å²) >= 11 is 1.62. The second-order valence-corrected chi connectivity index (χ2v) is 15.9. The van der Waals surface area contributed by atoms with E-state index in [9.17, 15) is 19.2 Å². The Morgan fingerprint density at radius 1 is 1.00 bits per heavy atom. The molecule has 1 saturated carbocycles. The van der Waals surface area contributed by atoms with Crippen molar-refractivity contribution in [2.45, 2.75) is 95.5 Å². The van der Waals surface area contributed by atoms with Gasteiger partial charge in [-0.2, -0.15) is 16.7 Å². The average molecular weight is 720 g/mol. The number of nitrogens with one attached hydrogen (secondary N) is 2. The molecule has 3 aromatic rings. The third-order valence-corrected chi connectivity index (χ3v) is 10.4. The van der Waals surface area contributed by atoms with Crippen LogP contribution in [0, 0.1) is 0 Å². The first-order valence-electron chi connectivity index (χ1n) is 17.8. The molecule has 2 N–H and O–H groups in total. The summed E-state index contributed by atoms with van der Waals surface area (Å²) in [4.78, 5) is 72.2. The van der Waals surface area contributed by atoms with Gasteiger partial charge in [0.2, 0.25) is 11.9 Å². The monoisotopic (exact) mass is 719 g/mol. The van der Waals surface area contributed by atoms with Gasteiger partial charge in [0.05, 0.1) is 5.56 Å². The number of pyridine rings is 1. The molecule has 3 unspecified atom stereocenters. The first-order valence-corrected chi connectivity index (χ1v) is 19.1. The molecule has 0 aromatic carbocycles. The van der Waals surface area contributed by atoms with Crippen molar-refractivity contribution in [1.29, 1.82) is 0 Å². The van der Waals surface area contributed by atoms with Crippen LogP contribution in [-0.4, -0.2) is 121 Å². The van der Waals surface area contributed by atoms with Crippen LogP contribution < -0.4 is 10.6 Å². The molecular weight excluding hydrogens is 671 g/mol. The lowest BCUT2D eigenvalue weighted by molar-refractivity contribution is -0.138. The minimum Gasteiger partial charge on any atom is -0.444 e. The first kappa shape index (κ1) is 36.4. The fraction of sp³-hybridized carbons (Fsp3) is 0.583. The van der Waals surface area contributed by atoms with Gasteiger partial charge < -0.3 is 34.6 Å². The van der Waals surface area contributed by atoms with Crippen LogP contribution in [0.2, 0.25) is 0 Å². The highest BCUT2D eigenvalue weighted by Gasteiger charge is 2.46. The number of nitrogens with zero attached hydrogens (tertiary/aromatic N) is 7. The number of amides is 4. The number of hydrogen-bond donors (Lipinski definition) is 2. The van der Waals surface area contributed by atoms with Crippen molar-refractivity contribution in [2.75, 3.05) is 44.5 Å². The van der Waals surface area contributed by atoms with Crippen molar-refractivity contribution in [3.8, 4) is 0 Å². The zero-order valence-corrected chi connectivity index (χ0v) is 31.2. The van der Waals surface area contributed by atoms with Gasteiger partial charge in [-0.05, 0) is 83.1 Å². The van der Waals surface area contributed by atoms with Gasteiger partial charge in [0, 0.05) is 63.1 Å². The van der Waals surface area contributed by atoms with Gasteiger partial charge >= 0.3 is 6.09 Å². The van der Waals surface area contributed by atoms with E-state index in [1.807, 2.05) is 17.2 Å². The van der Waals surface area contributed by atoms with Crippen molar-refractivity contribution < 1.29 is 23.9 Å². The number of carbonyl (C=O) groups is 4. The number of ether oxygens (including phenoxy) is 1. The fourth-order valence-electron chi connectivity index (χ4n) is 7.44. The third kappa shape index (κ3) is 8.08. The van der Waals surface area contributed by atoms with Crippen molar-refractivity contribution in [3.05, 3.63) is 41.9 Å². The normalized spacial score (nSPS) is 19.6. The minimum absolute atomic E-state index is 0.0668. The topological polar surface area (TPSA) is 155 Å². The average Bonchev–Trinajstić information content (AvgIpc) is 3.81. The van der Waals surface area contributed by atoms with E-state index in [-0.39, 0.29) is 35.8 Å². The van der Waals surface area contributed by atoms with E-state index in [1.54, 1.807) is 81.0 Å². The third-order valence-electron chi connectivity index (χ3n) is 9.76. The van der Waals surface area contributed by atoms with Crippen LogP contribution in [0.4, 0.5) is 16.6 Å². The zero-order valence-electron chi connectivity index (χ0n) is 30.3. The summed E-state index contributed by atoms with van der Waals surface area (Å²) in [6.45, 7) is 6.19. The van der Waals surface area contributed by atoms with Crippen LogP contribution >= 0.6 is 11.8 Å². The Bertz CT molecular complexity index is 1750. The second-order valence-electron chi connectivity index (χ2n) is 14.9. The molecule has 3 aliphatic rings. The number of piperazine rings is 1. The molecule has 6 rings (SSSR count). The van der Waals surface area contributed by atoms with Crippen LogP contribution in [0.5, 0.6) is 0 Å².